The molecule has 0 radical (unpaired) electrons. The molecule has 0 spiro atoms. The first-order valence-corrected chi connectivity index (χ1v) is 9.41. The van der Waals surface area contributed by atoms with Crippen LogP contribution in [0.25, 0.3) is 0 Å². The smallest absolute Gasteiger partial charge is 0.184 e. The van der Waals surface area contributed by atoms with Crippen LogP contribution in [0.15, 0.2) is 29.2 Å². The maximum Gasteiger partial charge on any atom is 0.184 e. The lowest BCUT2D eigenvalue weighted by atomic mass is 10.2. The average Bonchev–Trinajstić information content (AvgIpc) is 2.14. The molecule has 1 aromatic carbocycles. The lowest BCUT2D eigenvalue weighted by molar-refractivity contribution is 0.299. The molecule has 0 aromatic heterocycles. The first-order valence-electron chi connectivity index (χ1n) is 4.78. The van der Waals surface area contributed by atoms with E-state index in [0.29, 0.717) is 0 Å². The Hall–Kier alpha value is -0.253. The fourth-order valence-electron chi connectivity index (χ4n) is 1.02. The summed E-state index contributed by atoms with van der Waals surface area (Å²) in [6.45, 7) is 7.39. The minimum atomic E-state index is -1.37. The quantitative estimate of drug-likeness (QED) is 0.571. The van der Waals surface area contributed by atoms with Crippen LogP contribution in [-0.2, 0) is 11.0 Å². The summed E-state index contributed by atoms with van der Waals surface area (Å²) >= 11 is 1.77. The van der Waals surface area contributed by atoms with Gasteiger partial charge in [-0.05, 0) is 43.6 Å². The maximum atomic E-state index is 5.82. The first-order chi connectivity index (χ1) is 6.51. The van der Waals surface area contributed by atoms with Gasteiger partial charge in [0.05, 0.1) is 6.61 Å². The second-order valence-electron chi connectivity index (χ2n) is 4.25. The summed E-state index contributed by atoms with van der Waals surface area (Å²) in [7, 11) is -1.37. The zero-order valence-corrected chi connectivity index (χ0v) is 11.1. The van der Waals surface area contributed by atoms with E-state index in [1.807, 2.05) is 0 Å². The largest absolute Gasteiger partial charge is 0.413 e. The molecule has 0 saturated heterocycles. The van der Waals surface area contributed by atoms with Crippen LogP contribution >= 0.6 is 11.8 Å². The molecular formula is C11H18OSSi. The Morgan fingerprint density at radius 1 is 1.14 bits per heavy atom. The number of rotatable bonds is 4. The molecule has 0 aliphatic heterocycles. The van der Waals surface area contributed by atoms with Gasteiger partial charge in [-0.1, -0.05) is 12.1 Å². The van der Waals surface area contributed by atoms with Crippen molar-refractivity contribution < 1.29 is 4.43 Å². The van der Waals surface area contributed by atoms with Gasteiger partial charge in [0, 0.05) is 4.90 Å². The number of hydrogen-bond acceptors (Lipinski definition) is 2. The second-order valence-corrected chi connectivity index (χ2v) is 9.64. The molecule has 0 N–H and O–H groups in total. The molecule has 0 amide bonds. The fourth-order valence-corrected chi connectivity index (χ4v) is 2.03. The standard InChI is InChI=1S/C11H18OSSi/c1-13-11-7-5-10(6-8-11)9-12-14(2,3)4/h5-8H,9H2,1-4H3. The molecule has 0 saturated carbocycles. The molecule has 0 bridgehead atoms. The van der Waals surface area contributed by atoms with Crippen LogP contribution < -0.4 is 0 Å². The van der Waals surface area contributed by atoms with Crippen LogP contribution in [0.3, 0.4) is 0 Å². The van der Waals surface area contributed by atoms with Crippen molar-refractivity contribution in [1.29, 1.82) is 0 Å². The van der Waals surface area contributed by atoms with E-state index >= 15 is 0 Å². The van der Waals surface area contributed by atoms with E-state index < -0.39 is 8.32 Å². The fraction of sp³-hybridized carbons (Fsp3) is 0.455. The summed E-state index contributed by atoms with van der Waals surface area (Å²) in [5.41, 5.74) is 1.27. The molecule has 0 heterocycles. The monoisotopic (exact) mass is 226 g/mol. The first kappa shape index (κ1) is 11.8. The average molecular weight is 226 g/mol. The van der Waals surface area contributed by atoms with Gasteiger partial charge in [0.25, 0.3) is 0 Å². The molecule has 3 heteroatoms. The number of benzene rings is 1. The highest BCUT2D eigenvalue weighted by molar-refractivity contribution is 7.98. The van der Waals surface area contributed by atoms with Crippen LogP contribution in [-0.4, -0.2) is 14.6 Å². The van der Waals surface area contributed by atoms with Crippen molar-refractivity contribution in [2.24, 2.45) is 0 Å². The van der Waals surface area contributed by atoms with Gasteiger partial charge in [-0.2, -0.15) is 0 Å². The van der Waals surface area contributed by atoms with Crippen LogP contribution in [0, 0.1) is 0 Å². The highest BCUT2D eigenvalue weighted by Gasteiger charge is 2.13. The molecule has 0 fully saturated rings. The Bertz CT molecular complexity index is 276. The Labute approximate surface area is 92.0 Å². The molecule has 78 valence electrons. The molecule has 1 aromatic rings. The number of hydrogen-bond donors (Lipinski definition) is 0. The molecular weight excluding hydrogens is 208 g/mol. The van der Waals surface area contributed by atoms with Crippen LogP contribution in [0.2, 0.25) is 19.6 Å². The predicted octanol–water partition coefficient (Wildman–Crippen LogP) is 3.76. The van der Waals surface area contributed by atoms with Gasteiger partial charge in [0.1, 0.15) is 0 Å². The summed E-state index contributed by atoms with van der Waals surface area (Å²) in [6, 6.07) is 8.58. The Balaban J connectivity index is 2.52. The van der Waals surface area contributed by atoms with E-state index in [0.717, 1.165) is 6.61 Å². The van der Waals surface area contributed by atoms with Crippen molar-refractivity contribution in [3.05, 3.63) is 29.8 Å². The van der Waals surface area contributed by atoms with E-state index in [2.05, 4.69) is 50.2 Å². The summed E-state index contributed by atoms with van der Waals surface area (Å²) in [6.07, 6.45) is 2.09. The van der Waals surface area contributed by atoms with E-state index in [-0.39, 0.29) is 0 Å². The summed E-state index contributed by atoms with van der Waals surface area (Å²) in [4.78, 5) is 1.31. The summed E-state index contributed by atoms with van der Waals surface area (Å²) < 4.78 is 5.82. The van der Waals surface area contributed by atoms with Crippen molar-refractivity contribution in [3.8, 4) is 0 Å². The third-order valence-corrected chi connectivity index (χ3v) is 3.58. The van der Waals surface area contributed by atoms with Crippen molar-refractivity contribution in [2.45, 2.75) is 31.1 Å². The second kappa shape index (κ2) is 5.00. The molecule has 0 aliphatic rings. The Morgan fingerprint density at radius 3 is 2.14 bits per heavy atom. The lowest BCUT2D eigenvalue weighted by Crippen LogP contribution is -2.24. The van der Waals surface area contributed by atoms with Gasteiger partial charge in [0.2, 0.25) is 0 Å². The minimum absolute atomic E-state index is 0.754. The third-order valence-electron chi connectivity index (χ3n) is 1.83. The Morgan fingerprint density at radius 2 is 1.71 bits per heavy atom. The highest BCUT2D eigenvalue weighted by Crippen LogP contribution is 2.16. The van der Waals surface area contributed by atoms with Crippen molar-refractivity contribution >= 4 is 20.1 Å². The molecule has 0 atom stereocenters. The zero-order chi connectivity index (χ0) is 10.6. The van der Waals surface area contributed by atoms with Gasteiger partial charge in [-0.25, -0.2) is 0 Å². The molecule has 1 rings (SSSR count). The third kappa shape index (κ3) is 4.31. The van der Waals surface area contributed by atoms with Gasteiger partial charge in [-0.15, -0.1) is 11.8 Å². The summed E-state index contributed by atoms with van der Waals surface area (Å²) in [5.74, 6) is 0. The SMILES string of the molecule is CSc1ccc(CO[Si](C)(C)C)cc1. The van der Waals surface area contributed by atoms with E-state index in [9.17, 15) is 0 Å². The van der Waals surface area contributed by atoms with Crippen molar-refractivity contribution in [3.63, 3.8) is 0 Å². The number of thioether (sulfide) groups is 1. The van der Waals surface area contributed by atoms with E-state index in [4.69, 9.17) is 4.43 Å². The normalized spacial score (nSPS) is 11.7. The van der Waals surface area contributed by atoms with Gasteiger partial charge in [-0.3, -0.25) is 0 Å². The highest BCUT2D eigenvalue weighted by atomic mass is 32.2. The molecule has 0 aliphatic carbocycles. The molecule has 0 unspecified atom stereocenters. The van der Waals surface area contributed by atoms with Crippen LogP contribution in [0.4, 0.5) is 0 Å². The summed E-state index contributed by atoms with van der Waals surface area (Å²) in [5, 5.41) is 0. The predicted molar refractivity (Wildman–Crippen MR) is 66.4 cm³/mol. The van der Waals surface area contributed by atoms with Crippen molar-refractivity contribution in [1.82, 2.24) is 0 Å². The van der Waals surface area contributed by atoms with Crippen molar-refractivity contribution in [2.75, 3.05) is 6.26 Å². The molecule has 14 heavy (non-hydrogen) atoms. The van der Waals surface area contributed by atoms with Gasteiger partial charge >= 0.3 is 0 Å². The minimum Gasteiger partial charge on any atom is -0.413 e. The zero-order valence-electron chi connectivity index (χ0n) is 9.33. The molecule has 1 nitrogen and oxygen atoms in total. The maximum absolute atomic E-state index is 5.82. The van der Waals surface area contributed by atoms with Crippen LogP contribution in [0.5, 0.6) is 0 Å². The Kier molecular flexibility index (Phi) is 4.23. The van der Waals surface area contributed by atoms with E-state index in [1.54, 1.807) is 11.8 Å². The lowest BCUT2D eigenvalue weighted by Gasteiger charge is -2.17. The van der Waals surface area contributed by atoms with Gasteiger partial charge < -0.3 is 4.43 Å². The van der Waals surface area contributed by atoms with Gasteiger partial charge in [0.15, 0.2) is 8.32 Å². The topological polar surface area (TPSA) is 9.23 Å². The van der Waals surface area contributed by atoms with Crippen LogP contribution in [0.1, 0.15) is 5.56 Å². The van der Waals surface area contributed by atoms with E-state index in [1.165, 1.54) is 10.5 Å².